The van der Waals surface area contributed by atoms with Gasteiger partial charge in [-0.15, -0.1) is 0 Å². The summed E-state index contributed by atoms with van der Waals surface area (Å²) in [6.45, 7) is 5.19. The van der Waals surface area contributed by atoms with Crippen LogP contribution in [-0.2, 0) is 14.3 Å². The van der Waals surface area contributed by atoms with E-state index in [0.29, 0.717) is 22.8 Å². The summed E-state index contributed by atoms with van der Waals surface area (Å²) in [4.78, 5) is 36.7. The minimum atomic E-state index is -0.746. The van der Waals surface area contributed by atoms with Crippen LogP contribution in [0.2, 0.25) is 0 Å². The standard InChI is InChI=1S/C25H28N4O6/c1-5-34-24(31)22-16(3)27-25(32)28-23(22)17-10-11-19(20(12-17)33-4)35-14-21(30)29-26-13-18-9-7-6-8-15(18)2/h6-13,23H,5,14H2,1-4H3,(H,29,30)(H2,27,28,32)/b26-13-/t23-/m1/s1. The van der Waals surface area contributed by atoms with Gasteiger partial charge in [0.1, 0.15) is 0 Å². The molecule has 10 heteroatoms. The molecule has 0 radical (unpaired) electrons. The van der Waals surface area contributed by atoms with Gasteiger partial charge in [0.25, 0.3) is 5.91 Å². The Morgan fingerprint density at radius 1 is 1.14 bits per heavy atom. The van der Waals surface area contributed by atoms with Crippen LogP contribution in [-0.4, -0.2) is 44.4 Å². The highest BCUT2D eigenvalue weighted by Crippen LogP contribution is 2.34. The lowest BCUT2D eigenvalue weighted by Gasteiger charge is -2.28. The number of hydrogen-bond donors (Lipinski definition) is 3. The minimum absolute atomic E-state index is 0.198. The number of amides is 3. The van der Waals surface area contributed by atoms with E-state index in [1.807, 2.05) is 31.2 Å². The van der Waals surface area contributed by atoms with Crippen LogP contribution in [0.4, 0.5) is 4.79 Å². The Hall–Kier alpha value is -4.34. The molecule has 3 rings (SSSR count). The van der Waals surface area contributed by atoms with Crippen LogP contribution in [0, 0.1) is 6.92 Å². The van der Waals surface area contributed by atoms with E-state index >= 15 is 0 Å². The summed E-state index contributed by atoms with van der Waals surface area (Å²) in [6.07, 6.45) is 1.56. The molecule has 35 heavy (non-hydrogen) atoms. The SMILES string of the molecule is CCOC(=O)C1=C(C)NC(=O)N[C@@H]1c1ccc(OCC(=O)N/N=C\c2ccccc2C)c(OC)c1. The number of nitrogens with zero attached hydrogens (tertiary/aromatic N) is 1. The molecular formula is C25H28N4O6. The fourth-order valence-corrected chi connectivity index (χ4v) is 3.49. The zero-order valence-electron chi connectivity index (χ0n) is 20.0. The summed E-state index contributed by atoms with van der Waals surface area (Å²) in [6, 6.07) is 11.4. The van der Waals surface area contributed by atoms with E-state index in [-0.39, 0.29) is 18.8 Å². The normalized spacial score (nSPS) is 15.3. The minimum Gasteiger partial charge on any atom is -0.493 e. The largest absolute Gasteiger partial charge is 0.493 e. The molecule has 1 aliphatic rings. The number of carbonyl (C=O) groups is 3. The van der Waals surface area contributed by atoms with Crippen molar-refractivity contribution in [1.29, 1.82) is 0 Å². The van der Waals surface area contributed by atoms with E-state index in [9.17, 15) is 14.4 Å². The molecule has 3 amide bonds. The van der Waals surface area contributed by atoms with E-state index in [0.717, 1.165) is 11.1 Å². The molecule has 1 aliphatic heterocycles. The first-order valence-corrected chi connectivity index (χ1v) is 11.0. The highest BCUT2D eigenvalue weighted by molar-refractivity contribution is 5.95. The average molecular weight is 481 g/mol. The van der Waals surface area contributed by atoms with Crippen LogP contribution in [0.3, 0.4) is 0 Å². The number of ether oxygens (including phenoxy) is 3. The molecule has 0 aromatic heterocycles. The van der Waals surface area contributed by atoms with E-state index < -0.39 is 23.9 Å². The van der Waals surface area contributed by atoms with Crippen LogP contribution in [0.1, 0.15) is 36.6 Å². The zero-order valence-corrected chi connectivity index (χ0v) is 20.0. The number of benzene rings is 2. The Kier molecular flexibility index (Phi) is 8.44. The van der Waals surface area contributed by atoms with Crippen LogP contribution in [0.5, 0.6) is 11.5 Å². The second-order valence-corrected chi connectivity index (χ2v) is 7.64. The number of nitrogens with one attached hydrogen (secondary N) is 3. The second-order valence-electron chi connectivity index (χ2n) is 7.64. The van der Waals surface area contributed by atoms with Crippen LogP contribution >= 0.6 is 0 Å². The molecule has 184 valence electrons. The summed E-state index contributed by atoms with van der Waals surface area (Å²) in [5, 5.41) is 9.27. The van der Waals surface area contributed by atoms with Gasteiger partial charge in [-0.3, -0.25) is 4.79 Å². The van der Waals surface area contributed by atoms with Crippen LogP contribution < -0.4 is 25.5 Å². The maximum absolute atomic E-state index is 12.5. The third-order valence-electron chi connectivity index (χ3n) is 5.23. The maximum Gasteiger partial charge on any atom is 0.338 e. The van der Waals surface area contributed by atoms with Crippen LogP contribution in [0.25, 0.3) is 0 Å². The first-order chi connectivity index (χ1) is 16.8. The summed E-state index contributed by atoms with van der Waals surface area (Å²) in [7, 11) is 1.45. The van der Waals surface area contributed by atoms with E-state index in [1.165, 1.54) is 7.11 Å². The average Bonchev–Trinajstić information content (AvgIpc) is 2.83. The number of allylic oxidation sites excluding steroid dienone is 1. The molecule has 0 bridgehead atoms. The number of urea groups is 1. The number of aryl methyl sites for hydroxylation is 1. The Balaban J connectivity index is 1.70. The van der Waals surface area contributed by atoms with Crippen molar-refractivity contribution in [3.8, 4) is 11.5 Å². The third kappa shape index (κ3) is 6.38. The van der Waals surface area contributed by atoms with Crippen molar-refractivity contribution in [2.24, 2.45) is 5.10 Å². The van der Waals surface area contributed by atoms with Gasteiger partial charge in [-0.05, 0) is 49.6 Å². The third-order valence-corrected chi connectivity index (χ3v) is 5.23. The van der Waals surface area contributed by atoms with Crippen molar-refractivity contribution < 1.29 is 28.6 Å². The molecule has 10 nitrogen and oxygen atoms in total. The molecule has 2 aromatic carbocycles. The van der Waals surface area contributed by atoms with Crippen LogP contribution in [0.15, 0.2) is 58.8 Å². The van der Waals surface area contributed by atoms with Crippen molar-refractivity contribution in [2.45, 2.75) is 26.8 Å². The Morgan fingerprint density at radius 3 is 2.63 bits per heavy atom. The van der Waals surface area contributed by atoms with E-state index in [4.69, 9.17) is 14.2 Å². The van der Waals surface area contributed by atoms with Gasteiger partial charge in [-0.2, -0.15) is 5.10 Å². The van der Waals surface area contributed by atoms with E-state index in [1.54, 1.807) is 38.3 Å². The van der Waals surface area contributed by atoms with Gasteiger partial charge in [-0.25, -0.2) is 15.0 Å². The van der Waals surface area contributed by atoms with Gasteiger partial charge in [-0.1, -0.05) is 30.3 Å². The highest BCUT2D eigenvalue weighted by atomic mass is 16.5. The fourth-order valence-electron chi connectivity index (χ4n) is 3.49. The number of rotatable bonds is 9. The summed E-state index contributed by atoms with van der Waals surface area (Å²) in [5.41, 5.74) is 5.62. The van der Waals surface area contributed by atoms with Crippen molar-refractivity contribution >= 4 is 24.1 Å². The fraction of sp³-hybridized carbons (Fsp3) is 0.280. The van der Waals surface area contributed by atoms with Crippen molar-refractivity contribution in [3.63, 3.8) is 0 Å². The summed E-state index contributed by atoms with van der Waals surface area (Å²) >= 11 is 0. The molecule has 3 N–H and O–H groups in total. The van der Waals surface area contributed by atoms with Crippen molar-refractivity contribution in [3.05, 3.63) is 70.4 Å². The molecule has 0 aliphatic carbocycles. The smallest absolute Gasteiger partial charge is 0.338 e. The Bertz CT molecular complexity index is 1170. The van der Waals surface area contributed by atoms with Gasteiger partial charge in [0, 0.05) is 5.70 Å². The monoisotopic (exact) mass is 480 g/mol. The molecule has 0 fully saturated rings. The quantitative estimate of drug-likeness (QED) is 0.288. The first-order valence-electron chi connectivity index (χ1n) is 11.0. The number of carbonyl (C=O) groups excluding carboxylic acids is 3. The lowest BCUT2D eigenvalue weighted by atomic mass is 9.95. The first kappa shape index (κ1) is 25.3. The topological polar surface area (TPSA) is 127 Å². The summed E-state index contributed by atoms with van der Waals surface area (Å²) in [5.74, 6) is -0.347. The number of hydrogen-bond acceptors (Lipinski definition) is 7. The Morgan fingerprint density at radius 2 is 1.91 bits per heavy atom. The Labute approximate surface area is 203 Å². The van der Waals surface area contributed by atoms with Crippen molar-refractivity contribution in [2.75, 3.05) is 20.3 Å². The van der Waals surface area contributed by atoms with Crippen molar-refractivity contribution in [1.82, 2.24) is 16.1 Å². The van der Waals surface area contributed by atoms with Gasteiger partial charge < -0.3 is 24.8 Å². The van der Waals surface area contributed by atoms with Gasteiger partial charge in [0.2, 0.25) is 0 Å². The molecule has 0 unspecified atom stereocenters. The van der Waals surface area contributed by atoms with E-state index in [2.05, 4.69) is 21.2 Å². The molecule has 0 saturated heterocycles. The number of esters is 1. The molecule has 2 aromatic rings. The molecule has 1 heterocycles. The number of hydrazone groups is 1. The molecule has 1 atom stereocenters. The highest BCUT2D eigenvalue weighted by Gasteiger charge is 2.32. The molecule has 0 saturated carbocycles. The molecular weight excluding hydrogens is 452 g/mol. The molecule has 0 spiro atoms. The zero-order chi connectivity index (χ0) is 25.4. The lowest BCUT2D eigenvalue weighted by molar-refractivity contribution is -0.139. The van der Waals surface area contributed by atoms with Gasteiger partial charge in [0.05, 0.1) is 31.5 Å². The van der Waals surface area contributed by atoms with Gasteiger partial charge >= 0.3 is 12.0 Å². The number of methoxy groups -OCH3 is 1. The predicted molar refractivity (Wildman–Crippen MR) is 129 cm³/mol. The second kappa shape index (κ2) is 11.7. The predicted octanol–water partition coefficient (Wildman–Crippen LogP) is 2.72. The van der Waals surface area contributed by atoms with Gasteiger partial charge in [0.15, 0.2) is 18.1 Å². The summed E-state index contributed by atoms with van der Waals surface area (Å²) < 4.78 is 16.2. The maximum atomic E-state index is 12.5. The lowest BCUT2D eigenvalue weighted by Crippen LogP contribution is -2.45.